The lowest BCUT2D eigenvalue weighted by atomic mass is 10.3. The Labute approximate surface area is 47.1 Å². The Kier molecular flexibility index (Phi) is 3.69. The minimum atomic E-state index is 0.704. The van der Waals surface area contributed by atoms with Crippen LogP contribution in [0.15, 0.2) is 5.16 Å². The van der Waals surface area contributed by atoms with Crippen molar-refractivity contribution in [3.63, 3.8) is 0 Å². The van der Waals surface area contributed by atoms with Gasteiger partial charge in [0, 0.05) is 0 Å². The second kappa shape index (κ2) is 3.86. The molecule has 0 rings (SSSR count). The first kappa shape index (κ1) is 6.69. The minimum Gasteiger partial charge on any atom is -0.467 e. The molecule has 0 saturated heterocycles. The quantitative estimate of drug-likeness (QED) is 0.285. The first-order valence-electron chi connectivity index (χ1n) is 2.38. The summed E-state index contributed by atoms with van der Waals surface area (Å²) in [6.45, 7) is 4.01. The van der Waals surface area contributed by atoms with Crippen LogP contribution in [0.25, 0.3) is 0 Å². The molecule has 7 heavy (non-hydrogen) atoms. The molecular formula is C4H11NOSi. The van der Waals surface area contributed by atoms with Gasteiger partial charge in [-0.15, -0.1) is 5.16 Å². The van der Waals surface area contributed by atoms with E-state index in [-0.39, 0.29) is 0 Å². The Morgan fingerprint density at radius 1 is 1.86 bits per heavy atom. The number of oxime groups is 1. The van der Waals surface area contributed by atoms with Gasteiger partial charge in [-0.05, 0) is 13.3 Å². The zero-order chi connectivity index (χ0) is 5.70. The average Bonchev–Trinajstić information content (AvgIpc) is 1.68. The molecule has 0 heterocycles. The van der Waals surface area contributed by atoms with E-state index in [9.17, 15) is 0 Å². The van der Waals surface area contributed by atoms with Gasteiger partial charge in [0.1, 0.15) is 0 Å². The number of hydrogen-bond acceptors (Lipinski definition) is 2. The van der Waals surface area contributed by atoms with Crippen LogP contribution in [0.5, 0.6) is 0 Å². The van der Waals surface area contributed by atoms with Crippen LogP contribution >= 0.6 is 0 Å². The summed E-state index contributed by atoms with van der Waals surface area (Å²) in [4.78, 5) is 0. The van der Waals surface area contributed by atoms with Crippen LogP contribution in [-0.2, 0) is 4.53 Å². The molecule has 0 aromatic heterocycles. The largest absolute Gasteiger partial charge is 0.467 e. The van der Waals surface area contributed by atoms with Gasteiger partial charge in [-0.2, -0.15) is 0 Å². The normalized spacial score (nSPS) is 12.0. The fourth-order valence-electron chi connectivity index (χ4n) is 0.220. The Morgan fingerprint density at radius 3 is 2.57 bits per heavy atom. The zero-order valence-electron chi connectivity index (χ0n) is 5.06. The van der Waals surface area contributed by atoms with Crippen molar-refractivity contribution in [2.24, 2.45) is 5.16 Å². The molecule has 0 aromatic carbocycles. The summed E-state index contributed by atoms with van der Waals surface area (Å²) < 4.78 is 4.62. The molecule has 0 saturated carbocycles. The molecule has 0 aliphatic rings. The lowest BCUT2D eigenvalue weighted by Gasteiger charge is -1.90. The highest BCUT2D eigenvalue weighted by Crippen LogP contribution is 1.81. The summed E-state index contributed by atoms with van der Waals surface area (Å²) in [5, 5.41) is 3.72. The van der Waals surface area contributed by atoms with Crippen LogP contribution in [0, 0.1) is 0 Å². The molecule has 3 heteroatoms. The summed E-state index contributed by atoms with van der Waals surface area (Å²) in [5.41, 5.74) is 1.06. The molecule has 0 amide bonds. The van der Waals surface area contributed by atoms with Crippen LogP contribution in [0.2, 0.25) is 0 Å². The minimum absolute atomic E-state index is 0.704. The number of rotatable bonds is 2. The van der Waals surface area contributed by atoms with Crippen molar-refractivity contribution in [1.82, 2.24) is 0 Å². The standard InChI is InChI=1S/C4H11NOSi/c1-3-4(2)5-6-7/h3H2,1-2,7H3/b5-4+. The first-order chi connectivity index (χ1) is 3.31. The lowest BCUT2D eigenvalue weighted by Crippen LogP contribution is -1.87. The van der Waals surface area contributed by atoms with Gasteiger partial charge in [-0.1, -0.05) is 6.92 Å². The highest BCUT2D eigenvalue weighted by atomic mass is 28.2. The average molecular weight is 117 g/mol. The summed E-state index contributed by atoms with van der Waals surface area (Å²) >= 11 is 0. The van der Waals surface area contributed by atoms with Crippen molar-refractivity contribution in [3.8, 4) is 0 Å². The van der Waals surface area contributed by atoms with Crippen LogP contribution in [-0.4, -0.2) is 16.2 Å². The molecule has 0 radical (unpaired) electrons. The summed E-state index contributed by atoms with van der Waals surface area (Å²) in [5.74, 6) is 0. The summed E-state index contributed by atoms with van der Waals surface area (Å²) in [7, 11) is 0.704. The number of nitrogens with zero attached hydrogens (tertiary/aromatic N) is 1. The summed E-state index contributed by atoms with van der Waals surface area (Å²) in [6.07, 6.45) is 0.988. The fraction of sp³-hybridized carbons (Fsp3) is 0.750. The van der Waals surface area contributed by atoms with Gasteiger partial charge in [0.15, 0.2) is 0 Å². The van der Waals surface area contributed by atoms with E-state index in [1.54, 1.807) is 0 Å². The molecular weight excluding hydrogens is 106 g/mol. The molecule has 42 valence electrons. The smallest absolute Gasteiger partial charge is 0.242 e. The van der Waals surface area contributed by atoms with Crippen LogP contribution in [0.1, 0.15) is 20.3 Å². The van der Waals surface area contributed by atoms with Gasteiger partial charge in [0.05, 0.1) is 5.71 Å². The van der Waals surface area contributed by atoms with E-state index < -0.39 is 0 Å². The van der Waals surface area contributed by atoms with Crippen molar-refractivity contribution in [2.75, 3.05) is 0 Å². The van der Waals surface area contributed by atoms with E-state index in [0.29, 0.717) is 10.5 Å². The molecule has 0 bridgehead atoms. The van der Waals surface area contributed by atoms with Gasteiger partial charge in [0.2, 0.25) is 10.5 Å². The molecule has 0 N–H and O–H groups in total. The second-order valence-corrected chi connectivity index (χ2v) is 1.73. The third-order valence-corrected chi connectivity index (χ3v) is 0.941. The lowest BCUT2D eigenvalue weighted by molar-refractivity contribution is 0.376. The Bertz CT molecular complexity index is 72.1. The highest BCUT2D eigenvalue weighted by Gasteiger charge is 1.79. The molecule has 0 spiro atoms. The molecule has 2 nitrogen and oxygen atoms in total. The van der Waals surface area contributed by atoms with Crippen molar-refractivity contribution in [3.05, 3.63) is 0 Å². The summed E-state index contributed by atoms with van der Waals surface area (Å²) in [6, 6.07) is 0. The first-order valence-corrected chi connectivity index (χ1v) is 3.19. The van der Waals surface area contributed by atoms with Crippen molar-refractivity contribution in [1.29, 1.82) is 0 Å². The maximum atomic E-state index is 4.62. The molecule has 0 atom stereocenters. The van der Waals surface area contributed by atoms with Crippen molar-refractivity contribution >= 4 is 16.2 Å². The van der Waals surface area contributed by atoms with Crippen LogP contribution < -0.4 is 0 Å². The van der Waals surface area contributed by atoms with E-state index in [0.717, 1.165) is 12.1 Å². The topological polar surface area (TPSA) is 21.6 Å². The van der Waals surface area contributed by atoms with E-state index in [1.165, 1.54) is 0 Å². The molecule has 0 unspecified atom stereocenters. The predicted octanol–water partition coefficient (Wildman–Crippen LogP) is 0.0693. The molecule has 0 aliphatic heterocycles. The van der Waals surface area contributed by atoms with Crippen LogP contribution in [0.4, 0.5) is 0 Å². The monoisotopic (exact) mass is 117 g/mol. The number of hydrogen-bond donors (Lipinski definition) is 0. The third kappa shape index (κ3) is 3.52. The molecule has 0 aliphatic carbocycles. The van der Waals surface area contributed by atoms with Gasteiger partial charge in [0.25, 0.3) is 0 Å². The Balaban J connectivity index is 3.29. The SMILES string of the molecule is CC/C(C)=N/O[SiH3]. The fourth-order valence-corrected chi connectivity index (χ4v) is 0.532. The predicted molar refractivity (Wildman–Crippen MR) is 34.4 cm³/mol. The maximum Gasteiger partial charge on any atom is 0.242 e. The van der Waals surface area contributed by atoms with E-state index in [1.807, 2.05) is 6.92 Å². The van der Waals surface area contributed by atoms with E-state index >= 15 is 0 Å². The van der Waals surface area contributed by atoms with Crippen LogP contribution in [0.3, 0.4) is 0 Å². The maximum absolute atomic E-state index is 4.62. The van der Waals surface area contributed by atoms with Crippen molar-refractivity contribution < 1.29 is 4.53 Å². The van der Waals surface area contributed by atoms with E-state index in [4.69, 9.17) is 0 Å². The zero-order valence-corrected chi connectivity index (χ0v) is 7.06. The second-order valence-electron chi connectivity index (χ2n) is 1.36. The Morgan fingerprint density at radius 2 is 2.43 bits per heavy atom. The molecule has 0 aromatic rings. The van der Waals surface area contributed by atoms with Gasteiger partial charge in [-0.25, -0.2) is 0 Å². The van der Waals surface area contributed by atoms with Gasteiger partial charge >= 0.3 is 0 Å². The van der Waals surface area contributed by atoms with Gasteiger partial charge in [-0.3, -0.25) is 0 Å². The van der Waals surface area contributed by atoms with Gasteiger partial charge < -0.3 is 4.53 Å². The third-order valence-electron chi connectivity index (χ3n) is 0.759. The molecule has 0 fully saturated rings. The highest BCUT2D eigenvalue weighted by molar-refractivity contribution is 5.98. The van der Waals surface area contributed by atoms with E-state index in [2.05, 4.69) is 16.6 Å². The Hall–Kier alpha value is -0.313. The van der Waals surface area contributed by atoms with Crippen molar-refractivity contribution in [2.45, 2.75) is 20.3 Å².